The number of rotatable bonds is 5. The molecule has 1 aromatic carbocycles. The van der Waals surface area contributed by atoms with E-state index in [1.54, 1.807) is 29.2 Å². The summed E-state index contributed by atoms with van der Waals surface area (Å²) < 4.78 is 6.83. The highest BCUT2D eigenvalue weighted by Crippen LogP contribution is 2.28. The van der Waals surface area contributed by atoms with E-state index in [0.717, 1.165) is 30.5 Å². The van der Waals surface area contributed by atoms with E-state index in [1.807, 2.05) is 14.1 Å². The molecule has 0 fully saturated rings. The van der Waals surface area contributed by atoms with E-state index in [9.17, 15) is 9.59 Å². The standard InChI is InChI=1S/C22H25N5O3/c1-14-4-6-15(7-5-14)17-9-11-21(29)27(25-17)13-20(28)23-16-8-10-19-18(12-16)24-22(30-19)26(2)3/h6,8-12,14H,4-5,7,13H2,1-3H3,(H,23,28). The van der Waals surface area contributed by atoms with Crippen LogP contribution in [0.1, 0.15) is 31.9 Å². The fraction of sp³-hybridized carbons (Fsp3) is 0.364. The number of carbonyl (C=O) groups is 1. The van der Waals surface area contributed by atoms with E-state index in [-0.39, 0.29) is 18.0 Å². The molecule has 0 aliphatic heterocycles. The van der Waals surface area contributed by atoms with Crippen molar-refractivity contribution in [3.8, 4) is 0 Å². The maximum absolute atomic E-state index is 12.5. The number of carbonyl (C=O) groups excluding carboxylic acids is 1. The van der Waals surface area contributed by atoms with Crippen LogP contribution in [0.15, 0.2) is 45.6 Å². The Labute approximate surface area is 174 Å². The Morgan fingerprint density at radius 3 is 2.87 bits per heavy atom. The molecule has 2 aromatic heterocycles. The zero-order chi connectivity index (χ0) is 21.3. The first-order chi connectivity index (χ1) is 14.4. The van der Waals surface area contributed by atoms with Crippen LogP contribution in [0.5, 0.6) is 0 Å². The summed E-state index contributed by atoms with van der Waals surface area (Å²) in [7, 11) is 3.69. The predicted octanol–water partition coefficient (Wildman–Crippen LogP) is 3.29. The number of oxazole rings is 1. The van der Waals surface area contributed by atoms with Crippen LogP contribution in [0.2, 0.25) is 0 Å². The summed E-state index contributed by atoms with van der Waals surface area (Å²) in [6.45, 7) is 2.07. The normalized spacial score (nSPS) is 16.4. The Morgan fingerprint density at radius 2 is 2.13 bits per heavy atom. The van der Waals surface area contributed by atoms with Crippen LogP contribution < -0.4 is 15.8 Å². The summed E-state index contributed by atoms with van der Waals surface area (Å²) in [5.41, 5.74) is 3.45. The van der Waals surface area contributed by atoms with Crippen molar-refractivity contribution >= 4 is 34.3 Å². The van der Waals surface area contributed by atoms with Crippen molar-refractivity contribution in [2.45, 2.75) is 32.7 Å². The molecule has 8 heteroatoms. The van der Waals surface area contributed by atoms with Gasteiger partial charge in [-0.1, -0.05) is 13.0 Å². The number of allylic oxidation sites excluding steroid dienone is 2. The maximum Gasteiger partial charge on any atom is 0.297 e. The molecule has 8 nitrogen and oxygen atoms in total. The summed E-state index contributed by atoms with van der Waals surface area (Å²) in [6.07, 6.45) is 5.23. The average molecular weight is 407 g/mol. The zero-order valence-corrected chi connectivity index (χ0v) is 17.4. The fourth-order valence-corrected chi connectivity index (χ4v) is 3.45. The lowest BCUT2D eigenvalue weighted by Crippen LogP contribution is -2.29. The lowest BCUT2D eigenvalue weighted by Gasteiger charge is -2.18. The second-order valence-electron chi connectivity index (χ2n) is 7.94. The van der Waals surface area contributed by atoms with E-state index in [1.165, 1.54) is 10.7 Å². The number of hydrogen-bond donors (Lipinski definition) is 1. The molecule has 1 aliphatic carbocycles. The largest absolute Gasteiger partial charge is 0.423 e. The van der Waals surface area contributed by atoms with Crippen molar-refractivity contribution in [3.05, 3.63) is 52.5 Å². The number of amides is 1. The lowest BCUT2D eigenvalue weighted by atomic mass is 9.90. The summed E-state index contributed by atoms with van der Waals surface area (Å²) >= 11 is 0. The molecule has 0 radical (unpaired) electrons. The Morgan fingerprint density at radius 1 is 1.30 bits per heavy atom. The van der Waals surface area contributed by atoms with E-state index < -0.39 is 0 Å². The second-order valence-corrected chi connectivity index (χ2v) is 7.94. The first-order valence-corrected chi connectivity index (χ1v) is 10.0. The molecule has 1 unspecified atom stereocenters. The SMILES string of the molecule is CC1CC=C(c2ccc(=O)n(CC(=O)Nc3ccc4oc(N(C)C)nc4c3)n2)CC1. The van der Waals surface area contributed by atoms with Crippen molar-refractivity contribution in [1.29, 1.82) is 0 Å². The van der Waals surface area contributed by atoms with Crippen LogP contribution in [-0.4, -0.2) is 34.8 Å². The van der Waals surface area contributed by atoms with Gasteiger partial charge in [-0.3, -0.25) is 9.59 Å². The Bertz CT molecular complexity index is 1170. The van der Waals surface area contributed by atoms with Gasteiger partial charge in [-0.25, -0.2) is 4.68 Å². The third-order valence-corrected chi connectivity index (χ3v) is 5.20. The molecule has 3 aromatic rings. The minimum absolute atomic E-state index is 0.157. The van der Waals surface area contributed by atoms with Gasteiger partial charge in [0.15, 0.2) is 5.58 Å². The topological polar surface area (TPSA) is 93.3 Å². The van der Waals surface area contributed by atoms with Gasteiger partial charge in [-0.05, 0) is 55.0 Å². The van der Waals surface area contributed by atoms with Gasteiger partial charge in [0, 0.05) is 25.8 Å². The molecule has 0 saturated heterocycles. The Kier molecular flexibility index (Phi) is 5.39. The van der Waals surface area contributed by atoms with Gasteiger partial charge >= 0.3 is 0 Å². The lowest BCUT2D eigenvalue weighted by molar-refractivity contribution is -0.117. The predicted molar refractivity (Wildman–Crippen MR) is 116 cm³/mol. The highest BCUT2D eigenvalue weighted by atomic mass is 16.4. The molecule has 1 aliphatic rings. The van der Waals surface area contributed by atoms with Gasteiger partial charge in [-0.15, -0.1) is 0 Å². The molecule has 2 heterocycles. The molecular formula is C22H25N5O3. The minimum atomic E-state index is -0.330. The second kappa shape index (κ2) is 8.14. The number of nitrogens with zero attached hydrogens (tertiary/aromatic N) is 4. The molecule has 1 amide bonds. The van der Waals surface area contributed by atoms with E-state index in [0.29, 0.717) is 28.7 Å². The highest BCUT2D eigenvalue weighted by molar-refractivity contribution is 5.92. The molecule has 4 rings (SSSR count). The molecule has 1 N–H and O–H groups in total. The smallest absolute Gasteiger partial charge is 0.297 e. The molecule has 30 heavy (non-hydrogen) atoms. The number of aromatic nitrogens is 3. The van der Waals surface area contributed by atoms with E-state index >= 15 is 0 Å². The van der Waals surface area contributed by atoms with Crippen molar-refractivity contribution in [1.82, 2.24) is 14.8 Å². The van der Waals surface area contributed by atoms with Crippen molar-refractivity contribution in [3.63, 3.8) is 0 Å². The third kappa shape index (κ3) is 4.27. The number of fused-ring (bicyclic) bond motifs is 1. The first-order valence-electron chi connectivity index (χ1n) is 10.0. The van der Waals surface area contributed by atoms with Crippen molar-refractivity contribution in [2.75, 3.05) is 24.3 Å². The van der Waals surface area contributed by atoms with Crippen LogP contribution in [0.25, 0.3) is 16.7 Å². The third-order valence-electron chi connectivity index (χ3n) is 5.20. The highest BCUT2D eigenvalue weighted by Gasteiger charge is 2.15. The van der Waals surface area contributed by atoms with Gasteiger partial charge in [0.2, 0.25) is 5.91 Å². The molecule has 156 valence electrons. The van der Waals surface area contributed by atoms with Gasteiger partial charge in [-0.2, -0.15) is 10.1 Å². The quantitative estimate of drug-likeness (QED) is 0.698. The summed E-state index contributed by atoms with van der Waals surface area (Å²) in [4.78, 5) is 30.9. The van der Waals surface area contributed by atoms with Crippen molar-refractivity contribution < 1.29 is 9.21 Å². The van der Waals surface area contributed by atoms with Gasteiger partial charge in [0.05, 0.1) is 5.69 Å². The number of anilines is 2. The molecular weight excluding hydrogens is 382 g/mol. The Hall–Kier alpha value is -3.42. The van der Waals surface area contributed by atoms with Gasteiger partial charge < -0.3 is 14.6 Å². The summed E-state index contributed by atoms with van der Waals surface area (Å²) in [5, 5.41) is 7.22. The maximum atomic E-state index is 12.5. The monoisotopic (exact) mass is 407 g/mol. The molecule has 0 bridgehead atoms. The van der Waals surface area contributed by atoms with Crippen LogP contribution in [0, 0.1) is 5.92 Å². The molecule has 0 spiro atoms. The number of hydrogen-bond acceptors (Lipinski definition) is 6. The summed E-state index contributed by atoms with van der Waals surface area (Å²) in [6, 6.07) is 8.94. The zero-order valence-electron chi connectivity index (χ0n) is 17.4. The van der Waals surface area contributed by atoms with Crippen LogP contribution >= 0.6 is 0 Å². The van der Waals surface area contributed by atoms with E-state index in [2.05, 4.69) is 28.4 Å². The van der Waals surface area contributed by atoms with Gasteiger partial charge in [0.25, 0.3) is 11.6 Å². The van der Waals surface area contributed by atoms with Crippen LogP contribution in [0.4, 0.5) is 11.7 Å². The first kappa shape index (κ1) is 19.9. The van der Waals surface area contributed by atoms with Crippen molar-refractivity contribution in [2.24, 2.45) is 5.92 Å². The van der Waals surface area contributed by atoms with Crippen LogP contribution in [0.3, 0.4) is 0 Å². The minimum Gasteiger partial charge on any atom is -0.423 e. The molecule has 1 atom stereocenters. The molecule has 0 saturated carbocycles. The fourth-order valence-electron chi connectivity index (χ4n) is 3.45. The average Bonchev–Trinajstić information content (AvgIpc) is 3.14. The number of nitrogens with one attached hydrogen (secondary N) is 1. The number of benzene rings is 1. The van der Waals surface area contributed by atoms with Crippen LogP contribution in [-0.2, 0) is 11.3 Å². The van der Waals surface area contributed by atoms with E-state index in [4.69, 9.17) is 4.42 Å². The summed E-state index contributed by atoms with van der Waals surface area (Å²) in [5.74, 6) is 0.338. The van der Waals surface area contributed by atoms with Gasteiger partial charge in [0.1, 0.15) is 12.1 Å². The Balaban J connectivity index is 1.49.